The molecule has 0 N–H and O–H groups in total. The molecule has 2 aromatic rings. The van der Waals surface area contributed by atoms with Crippen LogP contribution in [0.4, 0.5) is 0 Å². The monoisotopic (exact) mass is 327 g/mol. The fraction of sp³-hybridized carbons (Fsp3) is 0.538. The number of hydrogen-bond acceptors (Lipinski definition) is 2. The van der Waals surface area contributed by atoms with Gasteiger partial charge in [0, 0.05) is 16.2 Å². The molecule has 5 heteroatoms. The first kappa shape index (κ1) is 12.4. The molecule has 18 heavy (non-hydrogen) atoms. The van der Waals surface area contributed by atoms with Gasteiger partial charge in [0.2, 0.25) is 0 Å². The second kappa shape index (κ2) is 4.20. The van der Waals surface area contributed by atoms with E-state index in [4.69, 9.17) is 11.6 Å². The molecule has 1 saturated carbocycles. The van der Waals surface area contributed by atoms with E-state index in [-0.39, 0.29) is 5.54 Å². The van der Waals surface area contributed by atoms with Gasteiger partial charge in [-0.05, 0) is 54.6 Å². The quantitative estimate of drug-likeness (QED) is 0.795. The van der Waals surface area contributed by atoms with Gasteiger partial charge in [0.05, 0.1) is 5.88 Å². The van der Waals surface area contributed by atoms with Gasteiger partial charge in [-0.1, -0.05) is 0 Å². The fourth-order valence-electron chi connectivity index (χ4n) is 2.65. The summed E-state index contributed by atoms with van der Waals surface area (Å²) in [4.78, 5) is 9.13. The van der Waals surface area contributed by atoms with Crippen molar-refractivity contribution < 1.29 is 0 Å². The molecule has 0 aliphatic heterocycles. The van der Waals surface area contributed by atoms with Gasteiger partial charge < -0.3 is 4.57 Å². The molecule has 0 amide bonds. The molecule has 0 spiro atoms. The van der Waals surface area contributed by atoms with Crippen molar-refractivity contribution in [3.05, 3.63) is 22.6 Å². The summed E-state index contributed by atoms with van der Waals surface area (Å²) in [5.41, 5.74) is 1.89. The standard InChI is InChI=1S/C13H15BrClN3/c1-13(2,8-3-4-8)18-11(6-15)17-10-5-9(14)7-16-12(10)18/h5,7-8H,3-4,6H2,1-2H3. The molecular weight excluding hydrogens is 314 g/mol. The highest BCUT2D eigenvalue weighted by Gasteiger charge is 2.41. The highest BCUT2D eigenvalue weighted by Crippen LogP contribution is 2.45. The van der Waals surface area contributed by atoms with Crippen molar-refractivity contribution in [1.29, 1.82) is 0 Å². The Morgan fingerprint density at radius 2 is 2.22 bits per heavy atom. The molecule has 0 bridgehead atoms. The maximum atomic E-state index is 6.05. The van der Waals surface area contributed by atoms with E-state index in [9.17, 15) is 0 Å². The molecule has 0 saturated heterocycles. The van der Waals surface area contributed by atoms with Gasteiger partial charge in [-0.3, -0.25) is 0 Å². The smallest absolute Gasteiger partial charge is 0.160 e. The van der Waals surface area contributed by atoms with E-state index in [1.54, 1.807) is 0 Å². The van der Waals surface area contributed by atoms with E-state index in [0.29, 0.717) is 11.8 Å². The van der Waals surface area contributed by atoms with E-state index in [1.807, 2.05) is 12.3 Å². The summed E-state index contributed by atoms with van der Waals surface area (Å²) in [6, 6.07) is 2.00. The first-order chi connectivity index (χ1) is 8.54. The highest BCUT2D eigenvalue weighted by molar-refractivity contribution is 9.10. The number of alkyl halides is 1. The minimum absolute atomic E-state index is 0.0415. The molecule has 0 atom stereocenters. The first-order valence-electron chi connectivity index (χ1n) is 6.13. The number of nitrogens with zero attached hydrogens (tertiary/aromatic N) is 3. The number of rotatable bonds is 3. The second-order valence-electron chi connectivity index (χ2n) is 5.42. The van der Waals surface area contributed by atoms with Gasteiger partial charge in [0.15, 0.2) is 5.65 Å². The van der Waals surface area contributed by atoms with Crippen LogP contribution in [0.15, 0.2) is 16.7 Å². The zero-order chi connectivity index (χ0) is 12.9. The summed E-state index contributed by atoms with van der Waals surface area (Å²) in [7, 11) is 0. The number of imidazole rings is 1. The molecule has 2 aromatic heterocycles. The Morgan fingerprint density at radius 3 is 2.83 bits per heavy atom. The third-order valence-corrected chi connectivity index (χ3v) is 4.48. The lowest BCUT2D eigenvalue weighted by molar-refractivity contribution is 0.305. The summed E-state index contributed by atoms with van der Waals surface area (Å²) in [5, 5.41) is 0. The number of hydrogen-bond donors (Lipinski definition) is 0. The molecule has 3 rings (SSSR count). The zero-order valence-corrected chi connectivity index (χ0v) is 12.8. The summed E-state index contributed by atoms with van der Waals surface area (Å²) >= 11 is 9.49. The third kappa shape index (κ3) is 1.86. The Labute approximate surface area is 120 Å². The summed E-state index contributed by atoms with van der Waals surface area (Å²) in [5.74, 6) is 2.04. The maximum Gasteiger partial charge on any atom is 0.160 e. The zero-order valence-electron chi connectivity index (χ0n) is 10.5. The molecular formula is C13H15BrClN3. The van der Waals surface area contributed by atoms with Crippen LogP contribution in [0.5, 0.6) is 0 Å². The molecule has 0 unspecified atom stereocenters. The minimum Gasteiger partial charge on any atom is -0.306 e. The van der Waals surface area contributed by atoms with Crippen LogP contribution in [0.1, 0.15) is 32.5 Å². The lowest BCUT2D eigenvalue weighted by Crippen LogP contribution is -2.30. The minimum atomic E-state index is 0.0415. The lowest BCUT2D eigenvalue weighted by atomic mass is 9.98. The van der Waals surface area contributed by atoms with E-state index in [0.717, 1.165) is 21.5 Å². The van der Waals surface area contributed by atoms with Crippen molar-refractivity contribution in [2.75, 3.05) is 0 Å². The van der Waals surface area contributed by atoms with Gasteiger partial charge in [-0.2, -0.15) is 0 Å². The predicted molar refractivity (Wildman–Crippen MR) is 76.8 cm³/mol. The Hall–Kier alpha value is -0.610. The van der Waals surface area contributed by atoms with Crippen molar-refractivity contribution >= 4 is 38.7 Å². The van der Waals surface area contributed by atoms with Crippen molar-refractivity contribution in [3.8, 4) is 0 Å². The molecule has 1 aliphatic carbocycles. The van der Waals surface area contributed by atoms with Crippen LogP contribution < -0.4 is 0 Å². The van der Waals surface area contributed by atoms with Crippen LogP contribution >= 0.6 is 27.5 Å². The van der Waals surface area contributed by atoms with Gasteiger partial charge in [0.25, 0.3) is 0 Å². The fourth-order valence-corrected chi connectivity index (χ4v) is 3.15. The van der Waals surface area contributed by atoms with Crippen molar-refractivity contribution in [2.45, 2.75) is 38.1 Å². The second-order valence-corrected chi connectivity index (χ2v) is 6.60. The predicted octanol–water partition coefficient (Wildman–Crippen LogP) is 4.08. The molecule has 0 radical (unpaired) electrons. The van der Waals surface area contributed by atoms with Gasteiger partial charge >= 0.3 is 0 Å². The first-order valence-corrected chi connectivity index (χ1v) is 7.46. The number of pyridine rings is 1. The van der Waals surface area contributed by atoms with Crippen molar-refractivity contribution in [1.82, 2.24) is 14.5 Å². The number of halogens is 2. The largest absolute Gasteiger partial charge is 0.306 e. The third-order valence-electron chi connectivity index (χ3n) is 3.81. The maximum absolute atomic E-state index is 6.05. The Bertz CT molecular complexity index is 602. The number of aromatic nitrogens is 3. The van der Waals surface area contributed by atoms with Crippen LogP contribution in [0.2, 0.25) is 0 Å². The highest BCUT2D eigenvalue weighted by atomic mass is 79.9. The normalized spacial score (nSPS) is 16.4. The molecule has 2 heterocycles. The average Bonchev–Trinajstić information content (AvgIpc) is 3.10. The Morgan fingerprint density at radius 1 is 1.50 bits per heavy atom. The SMILES string of the molecule is CC(C)(C1CC1)n1c(CCl)nc2cc(Br)cnc21. The summed E-state index contributed by atoms with van der Waals surface area (Å²) in [6.45, 7) is 4.51. The topological polar surface area (TPSA) is 30.7 Å². The van der Waals surface area contributed by atoms with Crippen LogP contribution in [0.25, 0.3) is 11.2 Å². The van der Waals surface area contributed by atoms with Crippen molar-refractivity contribution in [3.63, 3.8) is 0 Å². The summed E-state index contributed by atoms with van der Waals surface area (Å²) in [6.07, 6.45) is 4.39. The molecule has 1 aliphatic rings. The van der Waals surface area contributed by atoms with Gasteiger partial charge in [0.1, 0.15) is 11.3 Å². The lowest BCUT2D eigenvalue weighted by Gasteiger charge is -2.28. The van der Waals surface area contributed by atoms with E-state index in [2.05, 4.69) is 44.3 Å². The van der Waals surface area contributed by atoms with Crippen LogP contribution in [0, 0.1) is 5.92 Å². The average molecular weight is 329 g/mol. The number of fused-ring (bicyclic) bond motifs is 1. The van der Waals surface area contributed by atoms with Crippen LogP contribution in [0.3, 0.4) is 0 Å². The molecule has 1 fully saturated rings. The molecule has 3 nitrogen and oxygen atoms in total. The van der Waals surface area contributed by atoms with Gasteiger partial charge in [-0.15, -0.1) is 11.6 Å². The van der Waals surface area contributed by atoms with E-state index < -0.39 is 0 Å². The van der Waals surface area contributed by atoms with E-state index >= 15 is 0 Å². The van der Waals surface area contributed by atoms with Crippen LogP contribution in [-0.4, -0.2) is 14.5 Å². The van der Waals surface area contributed by atoms with Crippen molar-refractivity contribution in [2.24, 2.45) is 5.92 Å². The Kier molecular flexibility index (Phi) is 2.90. The molecule has 0 aromatic carbocycles. The molecule has 96 valence electrons. The van der Waals surface area contributed by atoms with E-state index in [1.165, 1.54) is 12.8 Å². The Balaban J connectivity index is 2.25. The van der Waals surface area contributed by atoms with Gasteiger partial charge in [-0.25, -0.2) is 9.97 Å². The summed E-state index contributed by atoms with van der Waals surface area (Å²) < 4.78 is 3.17. The van der Waals surface area contributed by atoms with Crippen LogP contribution in [-0.2, 0) is 11.4 Å².